The van der Waals surface area contributed by atoms with E-state index in [2.05, 4.69) is 20.9 Å². The van der Waals surface area contributed by atoms with Crippen molar-refractivity contribution in [1.29, 1.82) is 0 Å². The maximum atomic E-state index is 6.01. The highest BCUT2D eigenvalue weighted by molar-refractivity contribution is 9.10. The number of alkyl halides is 1. The molecule has 0 bridgehead atoms. The number of hydrogen-bond donors (Lipinski definition) is 0. The first-order chi connectivity index (χ1) is 7.58. The molecule has 0 aliphatic heterocycles. The van der Waals surface area contributed by atoms with E-state index in [1.54, 1.807) is 0 Å². The monoisotopic (exact) mass is 299 g/mol. The Morgan fingerprint density at radius 1 is 1.44 bits per heavy atom. The Kier molecular flexibility index (Phi) is 3.36. The van der Waals surface area contributed by atoms with Crippen LogP contribution in [0.1, 0.15) is 23.8 Å². The summed E-state index contributed by atoms with van der Waals surface area (Å²) in [6, 6.07) is 7.83. The molecule has 0 aliphatic rings. The van der Waals surface area contributed by atoms with E-state index in [-0.39, 0.29) is 5.38 Å². The van der Waals surface area contributed by atoms with Crippen molar-refractivity contribution in [2.24, 2.45) is 0 Å². The average molecular weight is 301 g/mol. The van der Waals surface area contributed by atoms with Crippen molar-refractivity contribution in [3.05, 3.63) is 40.2 Å². The molecule has 0 spiro atoms. The average Bonchev–Trinajstić information content (AvgIpc) is 2.60. The van der Waals surface area contributed by atoms with Crippen molar-refractivity contribution in [2.45, 2.75) is 19.2 Å². The van der Waals surface area contributed by atoms with Gasteiger partial charge in [0.25, 0.3) is 0 Å². The molecule has 4 heteroatoms. The molecule has 1 aromatic carbocycles. The van der Waals surface area contributed by atoms with Crippen molar-refractivity contribution in [1.82, 2.24) is 4.98 Å². The van der Waals surface area contributed by atoms with Gasteiger partial charge in [0.05, 0.1) is 5.38 Å². The molecule has 0 amide bonds. The SMILES string of the molecule is Cc1oc(-c2cccc(Br)c2)nc1C(C)Cl. The van der Waals surface area contributed by atoms with Crippen LogP contribution >= 0.6 is 27.5 Å². The first-order valence-electron chi connectivity index (χ1n) is 4.95. The van der Waals surface area contributed by atoms with Crippen LogP contribution in [0.25, 0.3) is 11.5 Å². The summed E-state index contributed by atoms with van der Waals surface area (Å²) in [5.41, 5.74) is 1.75. The van der Waals surface area contributed by atoms with Gasteiger partial charge in [-0.1, -0.05) is 22.0 Å². The van der Waals surface area contributed by atoms with E-state index < -0.39 is 0 Å². The molecule has 2 rings (SSSR count). The summed E-state index contributed by atoms with van der Waals surface area (Å²) in [5.74, 6) is 1.39. The number of nitrogens with zero attached hydrogens (tertiary/aromatic N) is 1. The van der Waals surface area contributed by atoms with E-state index in [4.69, 9.17) is 16.0 Å². The van der Waals surface area contributed by atoms with Gasteiger partial charge in [-0.05, 0) is 32.0 Å². The van der Waals surface area contributed by atoms with Crippen LogP contribution in [-0.4, -0.2) is 4.98 Å². The number of oxazole rings is 1. The smallest absolute Gasteiger partial charge is 0.226 e. The summed E-state index contributed by atoms with van der Waals surface area (Å²) in [7, 11) is 0. The zero-order chi connectivity index (χ0) is 11.7. The third-order valence-electron chi connectivity index (χ3n) is 2.28. The van der Waals surface area contributed by atoms with Crippen LogP contribution in [0.2, 0.25) is 0 Å². The second-order valence-electron chi connectivity index (χ2n) is 3.59. The van der Waals surface area contributed by atoms with Gasteiger partial charge in [0.15, 0.2) is 0 Å². The highest BCUT2D eigenvalue weighted by atomic mass is 79.9. The summed E-state index contributed by atoms with van der Waals surface area (Å²) in [4.78, 5) is 4.40. The number of halogens is 2. The molecule has 1 atom stereocenters. The Morgan fingerprint density at radius 3 is 2.75 bits per heavy atom. The molecule has 2 nitrogen and oxygen atoms in total. The summed E-state index contributed by atoms with van der Waals surface area (Å²) in [5, 5.41) is -0.135. The van der Waals surface area contributed by atoms with Gasteiger partial charge in [0.2, 0.25) is 5.89 Å². The third kappa shape index (κ3) is 2.30. The lowest BCUT2D eigenvalue weighted by Crippen LogP contribution is -1.87. The minimum atomic E-state index is -0.135. The summed E-state index contributed by atoms with van der Waals surface area (Å²) >= 11 is 9.43. The van der Waals surface area contributed by atoms with Gasteiger partial charge in [-0.25, -0.2) is 4.98 Å². The van der Waals surface area contributed by atoms with E-state index in [0.717, 1.165) is 21.5 Å². The fourth-order valence-corrected chi connectivity index (χ4v) is 2.12. The highest BCUT2D eigenvalue weighted by Gasteiger charge is 2.15. The van der Waals surface area contributed by atoms with E-state index in [0.29, 0.717) is 5.89 Å². The highest BCUT2D eigenvalue weighted by Crippen LogP contribution is 2.28. The summed E-state index contributed by atoms with van der Waals surface area (Å²) in [6.45, 7) is 3.76. The van der Waals surface area contributed by atoms with Gasteiger partial charge in [-0.15, -0.1) is 11.6 Å². The van der Waals surface area contributed by atoms with Crippen LogP contribution in [0.3, 0.4) is 0 Å². The fraction of sp³-hybridized carbons (Fsp3) is 0.250. The Morgan fingerprint density at radius 2 is 2.19 bits per heavy atom. The van der Waals surface area contributed by atoms with Gasteiger partial charge in [0, 0.05) is 10.0 Å². The predicted molar refractivity (Wildman–Crippen MR) is 68.6 cm³/mol. The first kappa shape index (κ1) is 11.7. The lowest BCUT2D eigenvalue weighted by molar-refractivity contribution is 0.539. The normalized spacial score (nSPS) is 12.8. The van der Waals surface area contributed by atoms with Crippen LogP contribution < -0.4 is 0 Å². The molecule has 16 heavy (non-hydrogen) atoms. The van der Waals surface area contributed by atoms with Crippen molar-refractivity contribution >= 4 is 27.5 Å². The second kappa shape index (κ2) is 4.60. The molecule has 1 heterocycles. The van der Waals surface area contributed by atoms with Crippen LogP contribution in [0.4, 0.5) is 0 Å². The van der Waals surface area contributed by atoms with Crippen molar-refractivity contribution in [3.8, 4) is 11.5 Å². The minimum absolute atomic E-state index is 0.135. The Hall–Kier alpha value is -0.800. The van der Waals surface area contributed by atoms with Crippen molar-refractivity contribution in [2.75, 3.05) is 0 Å². The second-order valence-corrected chi connectivity index (χ2v) is 5.16. The van der Waals surface area contributed by atoms with Gasteiger partial charge in [0.1, 0.15) is 11.5 Å². The van der Waals surface area contributed by atoms with E-state index in [1.165, 1.54) is 0 Å². The molecule has 0 aliphatic carbocycles. The lowest BCUT2D eigenvalue weighted by atomic mass is 10.2. The Labute approximate surface area is 108 Å². The quantitative estimate of drug-likeness (QED) is 0.751. The molecule has 0 fully saturated rings. The van der Waals surface area contributed by atoms with Crippen LogP contribution in [-0.2, 0) is 0 Å². The van der Waals surface area contributed by atoms with Crippen molar-refractivity contribution < 1.29 is 4.42 Å². The first-order valence-corrected chi connectivity index (χ1v) is 6.18. The van der Waals surface area contributed by atoms with Gasteiger partial charge in [-0.3, -0.25) is 0 Å². The van der Waals surface area contributed by atoms with Crippen LogP contribution in [0, 0.1) is 6.92 Å². The molecule has 1 aromatic heterocycles. The van der Waals surface area contributed by atoms with Crippen LogP contribution in [0.15, 0.2) is 33.2 Å². The molecular formula is C12H11BrClNO. The van der Waals surface area contributed by atoms with Gasteiger partial charge in [-0.2, -0.15) is 0 Å². The van der Waals surface area contributed by atoms with Gasteiger partial charge >= 0.3 is 0 Å². The van der Waals surface area contributed by atoms with E-state index >= 15 is 0 Å². The predicted octanol–water partition coefficient (Wildman–Crippen LogP) is 4.71. The lowest BCUT2D eigenvalue weighted by Gasteiger charge is -1.96. The molecule has 0 radical (unpaired) electrons. The molecule has 0 N–H and O–H groups in total. The standard InChI is InChI=1S/C12H11BrClNO/c1-7(14)11-8(2)16-12(15-11)9-4-3-5-10(13)6-9/h3-7H,1-2H3. The molecule has 0 saturated heterocycles. The number of hydrogen-bond acceptors (Lipinski definition) is 2. The zero-order valence-corrected chi connectivity index (χ0v) is 11.3. The summed E-state index contributed by atoms with van der Waals surface area (Å²) < 4.78 is 6.60. The number of aromatic nitrogens is 1. The zero-order valence-electron chi connectivity index (χ0n) is 9.00. The summed E-state index contributed by atoms with van der Waals surface area (Å²) in [6.07, 6.45) is 0. The molecule has 84 valence electrons. The minimum Gasteiger partial charge on any atom is -0.441 e. The topological polar surface area (TPSA) is 26.0 Å². The number of benzene rings is 1. The van der Waals surface area contributed by atoms with E-state index in [1.807, 2.05) is 38.1 Å². The number of rotatable bonds is 2. The fourth-order valence-electron chi connectivity index (χ4n) is 1.52. The van der Waals surface area contributed by atoms with Crippen molar-refractivity contribution in [3.63, 3.8) is 0 Å². The Bertz CT molecular complexity index is 507. The van der Waals surface area contributed by atoms with Crippen LogP contribution in [0.5, 0.6) is 0 Å². The molecule has 0 saturated carbocycles. The largest absolute Gasteiger partial charge is 0.441 e. The Balaban J connectivity index is 2.45. The molecule has 2 aromatic rings. The molecular weight excluding hydrogens is 289 g/mol. The third-order valence-corrected chi connectivity index (χ3v) is 2.98. The van der Waals surface area contributed by atoms with Gasteiger partial charge < -0.3 is 4.42 Å². The maximum Gasteiger partial charge on any atom is 0.226 e. The molecule has 1 unspecified atom stereocenters. The van der Waals surface area contributed by atoms with E-state index in [9.17, 15) is 0 Å². The number of aryl methyl sites for hydroxylation is 1. The maximum absolute atomic E-state index is 6.01.